The van der Waals surface area contributed by atoms with E-state index in [1.54, 1.807) is 0 Å². The van der Waals surface area contributed by atoms with E-state index in [9.17, 15) is 0 Å². The second kappa shape index (κ2) is 8.94. The number of benzene rings is 2. The fourth-order valence-corrected chi connectivity index (χ4v) is 2.42. The van der Waals surface area contributed by atoms with E-state index in [0.717, 1.165) is 0 Å². The average molecular weight is 341 g/mol. The van der Waals surface area contributed by atoms with Crippen molar-refractivity contribution in [2.75, 3.05) is 38.0 Å². The standard InChI is InChI=1S/C12H19N.C11H17N/c1-12(2,3)10-6-8-11(9-7-10)13(4)5;1-9(2)10-5-7-11(8-6-10)12(3)4/h6-9H,1-5H3;5-9H,1-4H3. The van der Waals surface area contributed by atoms with Gasteiger partial charge in [-0.2, -0.15) is 0 Å². The maximum Gasteiger partial charge on any atom is 0.0361 e. The maximum atomic E-state index is 2.23. The maximum absolute atomic E-state index is 2.23. The van der Waals surface area contributed by atoms with Gasteiger partial charge >= 0.3 is 0 Å². The molecule has 0 aliphatic rings. The minimum Gasteiger partial charge on any atom is -0.378 e. The second-order valence-corrected chi connectivity index (χ2v) is 8.33. The zero-order valence-corrected chi connectivity index (χ0v) is 17.6. The highest BCUT2D eigenvalue weighted by Gasteiger charge is 2.12. The number of rotatable bonds is 3. The Morgan fingerprint density at radius 3 is 1.28 bits per heavy atom. The first-order chi connectivity index (χ1) is 11.5. The molecule has 0 radical (unpaired) electrons. The smallest absolute Gasteiger partial charge is 0.0361 e. The largest absolute Gasteiger partial charge is 0.378 e. The van der Waals surface area contributed by atoms with Gasteiger partial charge in [0.2, 0.25) is 0 Å². The molecular formula is C23H36N2. The van der Waals surface area contributed by atoms with Crippen LogP contribution in [0.15, 0.2) is 48.5 Å². The highest BCUT2D eigenvalue weighted by atomic mass is 15.1. The molecule has 0 aliphatic heterocycles. The molecule has 0 aliphatic carbocycles. The first-order valence-corrected chi connectivity index (χ1v) is 9.07. The topological polar surface area (TPSA) is 6.48 Å². The van der Waals surface area contributed by atoms with Crippen molar-refractivity contribution in [2.45, 2.75) is 46.0 Å². The Hall–Kier alpha value is -1.96. The summed E-state index contributed by atoms with van der Waals surface area (Å²) in [5.74, 6) is 0.626. The van der Waals surface area contributed by atoms with E-state index < -0.39 is 0 Å². The third-order valence-electron chi connectivity index (χ3n) is 4.33. The van der Waals surface area contributed by atoms with E-state index in [1.165, 1.54) is 22.5 Å². The molecule has 0 heterocycles. The quantitative estimate of drug-likeness (QED) is 0.683. The third kappa shape index (κ3) is 6.81. The van der Waals surface area contributed by atoms with Gasteiger partial charge in [0, 0.05) is 39.6 Å². The number of nitrogens with zero attached hydrogens (tertiary/aromatic N) is 2. The Morgan fingerprint density at radius 1 is 0.640 bits per heavy atom. The lowest BCUT2D eigenvalue weighted by atomic mass is 9.87. The summed E-state index contributed by atoms with van der Waals surface area (Å²) in [4.78, 5) is 4.23. The van der Waals surface area contributed by atoms with Crippen LogP contribution >= 0.6 is 0 Å². The lowest BCUT2D eigenvalue weighted by Gasteiger charge is -2.20. The monoisotopic (exact) mass is 340 g/mol. The van der Waals surface area contributed by atoms with Crippen LogP contribution in [0.5, 0.6) is 0 Å². The van der Waals surface area contributed by atoms with Crippen LogP contribution in [-0.2, 0) is 5.41 Å². The molecule has 0 bridgehead atoms. The van der Waals surface area contributed by atoms with Gasteiger partial charge in [-0.3, -0.25) is 0 Å². The molecule has 138 valence electrons. The minimum absolute atomic E-state index is 0.255. The van der Waals surface area contributed by atoms with Crippen LogP contribution in [0, 0.1) is 0 Å². The molecule has 2 rings (SSSR count). The van der Waals surface area contributed by atoms with Gasteiger partial charge in [0.15, 0.2) is 0 Å². The fraction of sp³-hybridized carbons (Fsp3) is 0.478. The number of anilines is 2. The summed E-state index contributed by atoms with van der Waals surface area (Å²) < 4.78 is 0. The second-order valence-electron chi connectivity index (χ2n) is 8.33. The van der Waals surface area contributed by atoms with Crippen LogP contribution in [0.4, 0.5) is 11.4 Å². The Morgan fingerprint density at radius 2 is 1.00 bits per heavy atom. The van der Waals surface area contributed by atoms with Crippen molar-refractivity contribution in [3.05, 3.63) is 59.7 Å². The van der Waals surface area contributed by atoms with Crippen molar-refractivity contribution < 1.29 is 0 Å². The van der Waals surface area contributed by atoms with E-state index >= 15 is 0 Å². The van der Waals surface area contributed by atoms with E-state index in [2.05, 4.69) is 121 Å². The van der Waals surface area contributed by atoms with Gasteiger partial charge in [0.1, 0.15) is 0 Å². The van der Waals surface area contributed by atoms with Gasteiger partial charge in [-0.05, 0) is 46.7 Å². The minimum atomic E-state index is 0.255. The van der Waals surface area contributed by atoms with Crippen molar-refractivity contribution in [1.82, 2.24) is 0 Å². The van der Waals surface area contributed by atoms with Crippen molar-refractivity contribution in [3.8, 4) is 0 Å². The molecule has 0 atom stereocenters. The van der Waals surface area contributed by atoms with E-state index in [4.69, 9.17) is 0 Å². The van der Waals surface area contributed by atoms with Crippen molar-refractivity contribution in [1.29, 1.82) is 0 Å². The molecule has 2 heteroatoms. The Balaban J connectivity index is 0.000000251. The highest BCUT2D eigenvalue weighted by molar-refractivity contribution is 5.47. The molecule has 2 nitrogen and oxygen atoms in total. The third-order valence-corrected chi connectivity index (χ3v) is 4.33. The summed E-state index contributed by atoms with van der Waals surface area (Å²) in [6.45, 7) is 11.1. The molecule has 2 aromatic carbocycles. The molecule has 0 fully saturated rings. The predicted molar refractivity (Wildman–Crippen MR) is 114 cm³/mol. The number of hydrogen-bond acceptors (Lipinski definition) is 2. The molecule has 25 heavy (non-hydrogen) atoms. The zero-order valence-electron chi connectivity index (χ0n) is 17.6. The molecular weight excluding hydrogens is 304 g/mol. The van der Waals surface area contributed by atoms with Gasteiger partial charge in [-0.15, -0.1) is 0 Å². The highest BCUT2D eigenvalue weighted by Crippen LogP contribution is 2.24. The summed E-state index contributed by atoms with van der Waals surface area (Å²) in [7, 11) is 8.24. The summed E-state index contributed by atoms with van der Waals surface area (Å²) in [6, 6.07) is 17.5. The lowest BCUT2D eigenvalue weighted by molar-refractivity contribution is 0.590. The fourth-order valence-electron chi connectivity index (χ4n) is 2.42. The van der Waals surface area contributed by atoms with Crippen molar-refractivity contribution >= 4 is 11.4 Å². The van der Waals surface area contributed by atoms with Crippen molar-refractivity contribution in [2.24, 2.45) is 0 Å². The van der Waals surface area contributed by atoms with E-state index in [-0.39, 0.29) is 5.41 Å². The molecule has 2 aromatic rings. The van der Waals surface area contributed by atoms with Crippen LogP contribution in [0.25, 0.3) is 0 Å². The van der Waals surface area contributed by atoms with Gasteiger partial charge in [-0.1, -0.05) is 58.9 Å². The number of hydrogen-bond donors (Lipinski definition) is 0. The normalized spacial score (nSPS) is 11.0. The van der Waals surface area contributed by atoms with Crippen LogP contribution in [-0.4, -0.2) is 28.2 Å². The summed E-state index contributed by atoms with van der Waals surface area (Å²) in [5, 5.41) is 0. The predicted octanol–water partition coefficient (Wildman–Crippen LogP) is 5.93. The Kier molecular flexibility index (Phi) is 7.54. The van der Waals surface area contributed by atoms with Crippen LogP contribution in [0.3, 0.4) is 0 Å². The van der Waals surface area contributed by atoms with Crippen LogP contribution in [0.2, 0.25) is 0 Å². The SMILES string of the molecule is CC(C)c1ccc(N(C)C)cc1.CN(C)c1ccc(C(C)(C)C)cc1. The van der Waals surface area contributed by atoms with Crippen LogP contribution < -0.4 is 9.80 Å². The molecule has 0 saturated carbocycles. The van der Waals surface area contributed by atoms with Gasteiger partial charge in [-0.25, -0.2) is 0 Å². The summed E-state index contributed by atoms with van der Waals surface area (Å²) >= 11 is 0. The molecule has 0 saturated heterocycles. The summed E-state index contributed by atoms with van der Waals surface area (Å²) in [6.07, 6.45) is 0. The van der Waals surface area contributed by atoms with E-state index in [1.807, 2.05) is 0 Å². The van der Waals surface area contributed by atoms with Gasteiger partial charge in [0.05, 0.1) is 0 Å². The Bertz CT molecular complexity index is 588. The van der Waals surface area contributed by atoms with Crippen LogP contribution in [0.1, 0.15) is 51.7 Å². The van der Waals surface area contributed by atoms with Crippen molar-refractivity contribution in [3.63, 3.8) is 0 Å². The molecule has 0 N–H and O–H groups in total. The van der Waals surface area contributed by atoms with E-state index in [0.29, 0.717) is 5.92 Å². The first kappa shape index (κ1) is 21.1. The average Bonchev–Trinajstić information content (AvgIpc) is 2.54. The molecule has 0 unspecified atom stereocenters. The zero-order chi connectivity index (χ0) is 19.2. The molecule has 0 spiro atoms. The van der Waals surface area contributed by atoms with Gasteiger partial charge < -0.3 is 9.80 Å². The Labute approximate surface area is 155 Å². The van der Waals surface area contributed by atoms with Gasteiger partial charge in [0.25, 0.3) is 0 Å². The molecule has 0 amide bonds. The summed E-state index contributed by atoms with van der Waals surface area (Å²) in [5.41, 5.74) is 5.57. The molecule has 0 aromatic heterocycles. The lowest BCUT2D eigenvalue weighted by Crippen LogP contribution is -2.12. The first-order valence-electron chi connectivity index (χ1n) is 9.07.